The van der Waals surface area contributed by atoms with Crippen LogP contribution in [0.5, 0.6) is 0 Å². The molecule has 2 heterocycles. The standard InChI is InChI=1S/C13H17N3S/c14-16-12(5-6-13-4-2-8-17-13)9-11-3-1-7-15-10-11/h1-4,7-8,10,12,16H,5-6,9,14H2. The van der Waals surface area contributed by atoms with Crippen molar-refractivity contribution >= 4 is 11.3 Å². The van der Waals surface area contributed by atoms with Crippen molar-refractivity contribution in [3.05, 3.63) is 52.5 Å². The Bertz CT molecular complexity index is 413. The minimum atomic E-state index is 0.307. The minimum Gasteiger partial charge on any atom is -0.271 e. The van der Waals surface area contributed by atoms with Gasteiger partial charge in [-0.1, -0.05) is 12.1 Å². The molecule has 2 aromatic rings. The molecular formula is C13H17N3S. The maximum atomic E-state index is 5.59. The average Bonchev–Trinajstić information content (AvgIpc) is 2.89. The number of pyridine rings is 1. The highest BCUT2D eigenvalue weighted by Gasteiger charge is 2.08. The van der Waals surface area contributed by atoms with Gasteiger partial charge in [-0.2, -0.15) is 0 Å². The molecule has 0 amide bonds. The number of rotatable bonds is 6. The van der Waals surface area contributed by atoms with E-state index in [0.29, 0.717) is 6.04 Å². The highest BCUT2D eigenvalue weighted by Crippen LogP contribution is 2.13. The number of thiophene rings is 1. The molecule has 0 spiro atoms. The Kier molecular flexibility index (Phi) is 4.67. The van der Waals surface area contributed by atoms with E-state index in [4.69, 9.17) is 5.84 Å². The molecule has 0 saturated heterocycles. The molecule has 1 unspecified atom stereocenters. The number of nitrogens with one attached hydrogen (secondary N) is 1. The Morgan fingerprint density at radius 3 is 2.94 bits per heavy atom. The van der Waals surface area contributed by atoms with E-state index >= 15 is 0 Å². The van der Waals surface area contributed by atoms with Crippen LogP contribution in [0.1, 0.15) is 16.9 Å². The lowest BCUT2D eigenvalue weighted by molar-refractivity contribution is 0.492. The van der Waals surface area contributed by atoms with Gasteiger partial charge >= 0.3 is 0 Å². The van der Waals surface area contributed by atoms with E-state index in [1.54, 1.807) is 17.5 Å². The summed E-state index contributed by atoms with van der Waals surface area (Å²) in [6.07, 6.45) is 6.74. The van der Waals surface area contributed by atoms with Crippen molar-refractivity contribution in [3.8, 4) is 0 Å². The number of aryl methyl sites for hydroxylation is 1. The van der Waals surface area contributed by atoms with Gasteiger partial charge in [0.1, 0.15) is 0 Å². The van der Waals surface area contributed by atoms with Gasteiger partial charge in [-0.15, -0.1) is 11.3 Å². The Labute approximate surface area is 106 Å². The molecule has 2 aromatic heterocycles. The van der Waals surface area contributed by atoms with Gasteiger partial charge in [0.05, 0.1) is 0 Å². The summed E-state index contributed by atoms with van der Waals surface area (Å²) in [5.41, 5.74) is 4.11. The highest BCUT2D eigenvalue weighted by atomic mass is 32.1. The molecule has 0 aromatic carbocycles. The van der Waals surface area contributed by atoms with Gasteiger partial charge in [-0.3, -0.25) is 16.3 Å². The zero-order valence-electron chi connectivity index (χ0n) is 9.67. The minimum absolute atomic E-state index is 0.307. The number of hydrazine groups is 1. The van der Waals surface area contributed by atoms with Crippen LogP contribution in [0.25, 0.3) is 0 Å². The van der Waals surface area contributed by atoms with Gasteiger partial charge in [0.2, 0.25) is 0 Å². The molecule has 1 atom stereocenters. The third-order valence-electron chi connectivity index (χ3n) is 2.76. The summed E-state index contributed by atoms with van der Waals surface area (Å²) >= 11 is 1.80. The van der Waals surface area contributed by atoms with Gasteiger partial charge in [-0.05, 0) is 42.3 Å². The lowest BCUT2D eigenvalue weighted by atomic mass is 10.0. The van der Waals surface area contributed by atoms with Gasteiger partial charge in [-0.25, -0.2) is 0 Å². The van der Waals surface area contributed by atoms with E-state index in [9.17, 15) is 0 Å². The summed E-state index contributed by atoms with van der Waals surface area (Å²) in [6, 6.07) is 8.61. The number of nitrogens with zero attached hydrogens (tertiary/aromatic N) is 1. The van der Waals surface area contributed by atoms with Crippen LogP contribution in [0, 0.1) is 0 Å². The molecule has 17 heavy (non-hydrogen) atoms. The van der Waals surface area contributed by atoms with Crippen LogP contribution in [-0.2, 0) is 12.8 Å². The summed E-state index contributed by atoms with van der Waals surface area (Å²) in [4.78, 5) is 5.53. The second-order valence-corrected chi connectivity index (χ2v) is 5.08. The third-order valence-corrected chi connectivity index (χ3v) is 3.70. The zero-order chi connectivity index (χ0) is 11.9. The van der Waals surface area contributed by atoms with Crippen molar-refractivity contribution in [2.75, 3.05) is 0 Å². The smallest absolute Gasteiger partial charge is 0.0300 e. The monoisotopic (exact) mass is 247 g/mol. The molecule has 90 valence electrons. The number of aromatic nitrogens is 1. The fourth-order valence-corrected chi connectivity index (χ4v) is 2.54. The van der Waals surface area contributed by atoms with E-state index in [1.165, 1.54) is 10.4 Å². The Morgan fingerprint density at radius 1 is 1.35 bits per heavy atom. The van der Waals surface area contributed by atoms with Crippen molar-refractivity contribution in [2.24, 2.45) is 5.84 Å². The largest absolute Gasteiger partial charge is 0.271 e. The van der Waals surface area contributed by atoms with E-state index in [2.05, 4.69) is 34.0 Å². The molecular weight excluding hydrogens is 230 g/mol. The lowest BCUT2D eigenvalue weighted by Gasteiger charge is -2.15. The van der Waals surface area contributed by atoms with Crippen molar-refractivity contribution in [2.45, 2.75) is 25.3 Å². The first-order valence-corrected chi connectivity index (χ1v) is 6.64. The van der Waals surface area contributed by atoms with Gasteiger partial charge in [0.15, 0.2) is 0 Å². The molecule has 2 rings (SSSR count). The normalized spacial score (nSPS) is 12.5. The maximum Gasteiger partial charge on any atom is 0.0300 e. The molecule has 0 bridgehead atoms. The number of hydrogen-bond donors (Lipinski definition) is 2. The molecule has 0 saturated carbocycles. The van der Waals surface area contributed by atoms with Crippen LogP contribution in [0.4, 0.5) is 0 Å². The summed E-state index contributed by atoms with van der Waals surface area (Å²) in [5.74, 6) is 5.59. The topological polar surface area (TPSA) is 50.9 Å². The van der Waals surface area contributed by atoms with Crippen LogP contribution in [0.15, 0.2) is 42.0 Å². The first-order chi connectivity index (χ1) is 8.38. The fourth-order valence-electron chi connectivity index (χ4n) is 1.82. The van der Waals surface area contributed by atoms with Crippen LogP contribution in [-0.4, -0.2) is 11.0 Å². The molecule has 4 heteroatoms. The fraction of sp³-hybridized carbons (Fsp3) is 0.308. The first-order valence-electron chi connectivity index (χ1n) is 5.76. The second kappa shape index (κ2) is 6.49. The van der Waals surface area contributed by atoms with E-state index in [1.807, 2.05) is 12.3 Å². The SMILES string of the molecule is NNC(CCc1cccs1)Cc1cccnc1. The quantitative estimate of drug-likeness (QED) is 0.607. The van der Waals surface area contributed by atoms with Crippen LogP contribution in [0.2, 0.25) is 0 Å². The Hall–Kier alpha value is -1.23. The first kappa shape index (κ1) is 12.2. The molecule has 3 N–H and O–H groups in total. The van der Waals surface area contributed by atoms with Crippen LogP contribution < -0.4 is 11.3 Å². The molecule has 0 aliphatic rings. The Balaban J connectivity index is 1.85. The summed E-state index contributed by atoms with van der Waals surface area (Å²) in [6.45, 7) is 0. The highest BCUT2D eigenvalue weighted by molar-refractivity contribution is 7.09. The van der Waals surface area contributed by atoms with Crippen molar-refractivity contribution in [1.82, 2.24) is 10.4 Å². The van der Waals surface area contributed by atoms with Crippen molar-refractivity contribution in [3.63, 3.8) is 0 Å². The molecule has 0 radical (unpaired) electrons. The third kappa shape index (κ3) is 3.93. The Morgan fingerprint density at radius 2 is 2.29 bits per heavy atom. The molecule has 0 fully saturated rings. The molecule has 3 nitrogen and oxygen atoms in total. The van der Waals surface area contributed by atoms with E-state index in [0.717, 1.165) is 19.3 Å². The van der Waals surface area contributed by atoms with Crippen molar-refractivity contribution < 1.29 is 0 Å². The number of nitrogens with two attached hydrogens (primary N) is 1. The zero-order valence-corrected chi connectivity index (χ0v) is 10.5. The number of hydrogen-bond acceptors (Lipinski definition) is 4. The van der Waals surface area contributed by atoms with Gasteiger partial charge in [0, 0.05) is 23.3 Å². The predicted molar refractivity (Wildman–Crippen MR) is 71.7 cm³/mol. The molecule has 0 aliphatic carbocycles. The summed E-state index contributed by atoms with van der Waals surface area (Å²) in [7, 11) is 0. The van der Waals surface area contributed by atoms with Crippen molar-refractivity contribution in [1.29, 1.82) is 0 Å². The van der Waals surface area contributed by atoms with Crippen LogP contribution in [0.3, 0.4) is 0 Å². The average molecular weight is 247 g/mol. The van der Waals surface area contributed by atoms with Gasteiger partial charge in [0.25, 0.3) is 0 Å². The second-order valence-electron chi connectivity index (χ2n) is 4.05. The maximum absolute atomic E-state index is 5.59. The summed E-state index contributed by atoms with van der Waals surface area (Å²) < 4.78 is 0. The predicted octanol–water partition coefficient (Wildman–Crippen LogP) is 2.15. The van der Waals surface area contributed by atoms with Crippen LogP contribution >= 0.6 is 11.3 Å². The summed E-state index contributed by atoms with van der Waals surface area (Å²) in [5, 5.41) is 2.11. The molecule has 0 aliphatic heterocycles. The lowest BCUT2D eigenvalue weighted by Crippen LogP contribution is -2.37. The van der Waals surface area contributed by atoms with Gasteiger partial charge < -0.3 is 0 Å². The van der Waals surface area contributed by atoms with E-state index in [-0.39, 0.29) is 0 Å². The van der Waals surface area contributed by atoms with E-state index < -0.39 is 0 Å².